The number of hydrogen-bond acceptors (Lipinski definition) is 4. The summed E-state index contributed by atoms with van der Waals surface area (Å²) in [5.74, 6) is -1.83. The Morgan fingerprint density at radius 1 is 1.39 bits per heavy atom. The van der Waals surface area contributed by atoms with E-state index in [-0.39, 0.29) is 24.2 Å². The Morgan fingerprint density at radius 2 is 2.00 bits per heavy atom. The maximum atomic E-state index is 12.8. The number of nitrogens with zero attached hydrogens (tertiary/aromatic N) is 1. The number of Topliss-reactive ketones (excluding diaryl/α,β-unsaturated/α-hetero) is 1. The van der Waals surface area contributed by atoms with Crippen LogP contribution in [-0.4, -0.2) is 35.5 Å². The lowest BCUT2D eigenvalue weighted by molar-refractivity contribution is -0.266. The zero-order valence-corrected chi connectivity index (χ0v) is 14.7. The minimum absolute atomic E-state index is 0.0298. The molecule has 0 aromatic heterocycles. The molecule has 0 aliphatic carbocycles. The SMILES string of the molecule is CC(C)[N+]1(C(=O)[O-])CCC(C)(C(=O)O)C(=O)c2ccc(Br)cc21. The van der Waals surface area contributed by atoms with Crippen molar-refractivity contribution in [2.45, 2.75) is 33.2 Å². The summed E-state index contributed by atoms with van der Waals surface area (Å²) in [5.41, 5.74) is -1.27. The maximum absolute atomic E-state index is 12.8. The third kappa shape index (κ3) is 2.48. The Morgan fingerprint density at radius 3 is 2.48 bits per heavy atom. The molecule has 1 aromatic carbocycles. The number of ketones is 1. The largest absolute Gasteiger partial charge is 0.498 e. The Labute approximate surface area is 142 Å². The highest BCUT2D eigenvalue weighted by Gasteiger charge is 2.52. The monoisotopic (exact) mass is 383 g/mol. The van der Waals surface area contributed by atoms with Gasteiger partial charge in [0.15, 0.2) is 11.5 Å². The van der Waals surface area contributed by atoms with E-state index in [1.165, 1.54) is 13.0 Å². The second-order valence-corrected chi connectivity index (χ2v) is 7.25. The van der Waals surface area contributed by atoms with Crippen molar-refractivity contribution in [1.82, 2.24) is 4.48 Å². The van der Waals surface area contributed by atoms with Gasteiger partial charge in [-0.3, -0.25) is 9.59 Å². The molecule has 1 N–H and O–H groups in total. The number of carbonyl (C=O) groups excluding carboxylic acids is 2. The van der Waals surface area contributed by atoms with Gasteiger partial charge in [0, 0.05) is 17.0 Å². The molecule has 0 spiro atoms. The minimum atomic E-state index is -1.66. The quantitative estimate of drug-likeness (QED) is 0.623. The first-order valence-corrected chi connectivity index (χ1v) is 8.04. The van der Waals surface area contributed by atoms with Crippen LogP contribution in [0.5, 0.6) is 0 Å². The number of hydrogen-bond donors (Lipinski definition) is 1. The lowest BCUT2D eigenvalue weighted by Crippen LogP contribution is -2.64. The van der Waals surface area contributed by atoms with Crippen molar-refractivity contribution in [3.8, 4) is 0 Å². The van der Waals surface area contributed by atoms with E-state index in [1.807, 2.05) is 0 Å². The summed E-state index contributed by atoms with van der Waals surface area (Å²) in [7, 11) is 0. The van der Waals surface area contributed by atoms with Crippen LogP contribution in [0.1, 0.15) is 37.6 Å². The summed E-state index contributed by atoms with van der Waals surface area (Å²) in [4.78, 5) is 36.5. The van der Waals surface area contributed by atoms with Crippen molar-refractivity contribution in [1.29, 1.82) is 0 Å². The summed E-state index contributed by atoms with van der Waals surface area (Å²) < 4.78 is 0.0380. The number of halogens is 1. The predicted molar refractivity (Wildman–Crippen MR) is 86.0 cm³/mol. The number of benzene rings is 1. The molecule has 7 heteroatoms. The van der Waals surface area contributed by atoms with Gasteiger partial charge in [0.2, 0.25) is 0 Å². The number of aliphatic carboxylic acids is 1. The summed E-state index contributed by atoms with van der Waals surface area (Å²) in [6.45, 7) is 4.75. The van der Waals surface area contributed by atoms with Gasteiger partial charge in [-0.15, -0.1) is 0 Å². The smallest absolute Gasteiger partial charge is 0.317 e. The summed E-state index contributed by atoms with van der Waals surface area (Å²) in [6, 6.07) is 4.23. The van der Waals surface area contributed by atoms with Crippen molar-refractivity contribution in [3.05, 3.63) is 28.2 Å². The summed E-state index contributed by atoms with van der Waals surface area (Å²) in [6.07, 6.45) is -1.43. The molecule has 124 valence electrons. The molecule has 1 aromatic rings. The maximum Gasteiger partial charge on any atom is 0.317 e. The predicted octanol–water partition coefficient (Wildman–Crippen LogP) is 2.19. The van der Waals surface area contributed by atoms with Crippen LogP contribution in [-0.2, 0) is 4.79 Å². The third-order valence-electron chi connectivity index (χ3n) is 4.78. The van der Waals surface area contributed by atoms with Crippen molar-refractivity contribution >= 4 is 39.5 Å². The summed E-state index contributed by atoms with van der Waals surface area (Å²) >= 11 is 3.29. The van der Waals surface area contributed by atoms with Crippen LogP contribution in [0.3, 0.4) is 0 Å². The topological polar surface area (TPSA) is 94.5 Å². The van der Waals surface area contributed by atoms with Crippen LogP contribution in [0, 0.1) is 5.41 Å². The third-order valence-corrected chi connectivity index (χ3v) is 5.27. The zero-order chi connectivity index (χ0) is 17.6. The highest BCUT2D eigenvalue weighted by molar-refractivity contribution is 9.10. The van der Waals surface area contributed by atoms with Crippen LogP contribution in [0.25, 0.3) is 0 Å². The number of fused-ring (bicyclic) bond motifs is 1. The second-order valence-electron chi connectivity index (χ2n) is 6.33. The Balaban J connectivity index is 2.85. The van der Waals surface area contributed by atoms with Gasteiger partial charge in [0.05, 0.1) is 18.2 Å². The van der Waals surface area contributed by atoms with E-state index in [0.29, 0.717) is 4.47 Å². The van der Waals surface area contributed by atoms with E-state index in [9.17, 15) is 24.6 Å². The molecule has 2 unspecified atom stereocenters. The van der Waals surface area contributed by atoms with Gasteiger partial charge in [0.25, 0.3) is 6.09 Å². The highest BCUT2D eigenvalue weighted by Crippen LogP contribution is 2.42. The van der Waals surface area contributed by atoms with Crippen LogP contribution in [0.2, 0.25) is 0 Å². The Kier molecular flexibility index (Phi) is 4.38. The van der Waals surface area contributed by atoms with E-state index < -0.39 is 33.8 Å². The summed E-state index contributed by atoms with van der Waals surface area (Å²) in [5, 5.41) is 21.5. The fourth-order valence-electron chi connectivity index (χ4n) is 3.10. The number of carboxylic acids is 1. The number of rotatable bonds is 2. The van der Waals surface area contributed by atoms with E-state index in [4.69, 9.17) is 0 Å². The lowest BCUT2D eigenvalue weighted by atomic mass is 9.80. The van der Waals surface area contributed by atoms with Crippen molar-refractivity contribution < 1.29 is 24.6 Å². The van der Waals surface area contributed by atoms with E-state index in [0.717, 1.165) is 0 Å². The van der Waals surface area contributed by atoms with Gasteiger partial charge in [-0.2, -0.15) is 0 Å². The van der Waals surface area contributed by atoms with Crippen LogP contribution in [0.4, 0.5) is 10.5 Å². The lowest BCUT2D eigenvalue weighted by Gasteiger charge is -2.41. The average molecular weight is 384 g/mol. The van der Waals surface area contributed by atoms with Gasteiger partial charge in [-0.1, -0.05) is 15.9 Å². The van der Waals surface area contributed by atoms with E-state index >= 15 is 0 Å². The number of quaternary nitrogens is 1. The van der Waals surface area contributed by atoms with Crippen LogP contribution >= 0.6 is 15.9 Å². The zero-order valence-electron chi connectivity index (χ0n) is 13.1. The standard InChI is InChI=1S/C16H18BrNO5/c1-9(2)18(15(22)23)7-6-16(3,14(20)21)13(19)11-5-4-10(17)8-12(11)18/h4-5,8-9H,6-7H2,1-3H3,(H-,20,21,22,23). The average Bonchev–Trinajstić information content (AvgIpc) is 2.55. The molecule has 1 aliphatic rings. The fraction of sp³-hybridized carbons (Fsp3) is 0.438. The van der Waals surface area contributed by atoms with Gasteiger partial charge in [0.1, 0.15) is 5.41 Å². The molecule has 2 rings (SSSR count). The van der Waals surface area contributed by atoms with Gasteiger partial charge in [-0.25, -0.2) is 4.48 Å². The Hall–Kier alpha value is -1.73. The first kappa shape index (κ1) is 17.6. The first-order valence-electron chi connectivity index (χ1n) is 7.25. The minimum Gasteiger partial charge on any atom is -0.498 e. The molecule has 1 amide bonds. The molecule has 0 saturated heterocycles. The molecule has 1 aliphatic heterocycles. The van der Waals surface area contributed by atoms with Gasteiger partial charge >= 0.3 is 5.97 Å². The normalized spacial score (nSPS) is 27.4. The van der Waals surface area contributed by atoms with Crippen molar-refractivity contribution in [2.24, 2.45) is 5.41 Å². The number of carbonyl (C=O) groups is 3. The molecule has 0 radical (unpaired) electrons. The second kappa shape index (κ2) is 5.72. The molecule has 0 bridgehead atoms. The molecule has 1 heterocycles. The molecule has 2 atom stereocenters. The Bertz CT molecular complexity index is 702. The first-order chi connectivity index (χ1) is 10.6. The molecular formula is C16H18BrNO5. The molecule has 0 fully saturated rings. The fourth-order valence-corrected chi connectivity index (χ4v) is 3.45. The molecule has 23 heavy (non-hydrogen) atoms. The molecule has 0 saturated carbocycles. The molecule has 6 nitrogen and oxygen atoms in total. The van der Waals surface area contributed by atoms with Crippen molar-refractivity contribution in [3.63, 3.8) is 0 Å². The molecular weight excluding hydrogens is 366 g/mol. The van der Waals surface area contributed by atoms with Gasteiger partial charge in [-0.05, 0) is 32.9 Å². The number of carboxylic acid groups (broad SMARTS) is 2. The van der Waals surface area contributed by atoms with E-state index in [1.54, 1.807) is 26.0 Å². The van der Waals surface area contributed by atoms with E-state index in [2.05, 4.69) is 15.9 Å². The van der Waals surface area contributed by atoms with Crippen LogP contribution < -0.4 is 9.59 Å². The van der Waals surface area contributed by atoms with Crippen LogP contribution in [0.15, 0.2) is 22.7 Å². The van der Waals surface area contributed by atoms with Crippen molar-refractivity contribution in [2.75, 3.05) is 6.54 Å². The highest BCUT2D eigenvalue weighted by atomic mass is 79.9. The number of amides is 1. The van der Waals surface area contributed by atoms with Gasteiger partial charge < -0.3 is 15.0 Å².